The molecule has 0 amide bonds. The predicted molar refractivity (Wildman–Crippen MR) is 124 cm³/mol. The number of aliphatic hydroxyl groups excluding tert-OH is 1. The number of benzene rings is 2. The molecular weight excluding hydrogens is 412 g/mol. The Hall–Kier alpha value is -3.08. The lowest BCUT2D eigenvalue weighted by atomic mass is 10.0. The lowest BCUT2D eigenvalue weighted by Gasteiger charge is -2.10. The molecule has 0 aliphatic heterocycles. The summed E-state index contributed by atoms with van der Waals surface area (Å²) in [6.45, 7) is 11.4. The van der Waals surface area contributed by atoms with E-state index in [1.165, 1.54) is 18.7 Å². The zero-order chi connectivity index (χ0) is 23.2. The minimum absolute atomic E-state index is 0.0820. The van der Waals surface area contributed by atoms with E-state index in [1.807, 2.05) is 51.1 Å². The third kappa shape index (κ3) is 8.28. The first-order valence-corrected chi connectivity index (χ1v) is 10.8. The largest absolute Gasteiger partial charge is 0.491 e. The van der Waals surface area contributed by atoms with Crippen molar-refractivity contribution in [2.75, 3.05) is 13.2 Å². The molecular formula is C24H28N2O4S. The van der Waals surface area contributed by atoms with E-state index in [1.54, 1.807) is 12.1 Å². The Labute approximate surface area is 188 Å². The maximum Gasteiger partial charge on any atom is 0.331 e. The second-order valence-electron chi connectivity index (χ2n) is 5.92. The molecule has 7 heteroatoms. The molecule has 0 saturated carbocycles. The molecule has 0 radical (unpaired) electrons. The van der Waals surface area contributed by atoms with Gasteiger partial charge in [0.1, 0.15) is 18.4 Å². The molecule has 0 aromatic heterocycles. The number of nitrogens with zero attached hydrogens (tertiary/aromatic N) is 2. The Morgan fingerprint density at radius 3 is 2.45 bits per heavy atom. The minimum Gasteiger partial charge on any atom is -0.491 e. The second-order valence-corrected chi connectivity index (χ2v) is 7.04. The van der Waals surface area contributed by atoms with Gasteiger partial charge >= 0.3 is 5.97 Å². The normalized spacial score (nSPS) is 10.4. The fourth-order valence-corrected chi connectivity index (χ4v) is 3.29. The topological polar surface area (TPSA) is 91.9 Å². The number of aliphatic hydroxyl groups is 1. The highest BCUT2D eigenvalue weighted by Gasteiger charge is 2.10. The quantitative estimate of drug-likeness (QED) is 0.317. The van der Waals surface area contributed by atoms with Crippen molar-refractivity contribution in [2.24, 2.45) is 5.16 Å². The average Bonchev–Trinajstić information content (AvgIpc) is 2.80. The number of ether oxygens (including phenoxy) is 1. The van der Waals surface area contributed by atoms with Crippen molar-refractivity contribution in [1.29, 1.82) is 5.26 Å². The smallest absolute Gasteiger partial charge is 0.331 e. The molecule has 0 fully saturated rings. The third-order valence-corrected chi connectivity index (χ3v) is 4.91. The number of hydrogen-bond acceptors (Lipinski definition) is 7. The van der Waals surface area contributed by atoms with Crippen LogP contribution in [-0.4, -0.2) is 30.0 Å². The molecule has 0 unspecified atom stereocenters. The van der Waals surface area contributed by atoms with Crippen LogP contribution in [0.25, 0.3) is 5.57 Å². The molecule has 0 spiro atoms. The summed E-state index contributed by atoms with van der Waals surface area (Å²) >= 11 is 1.46. The van der Waals surface area contributed by atoms with Crippen molar-refractivity contribution in [3.63, 3.8) is 0 Å². The van der Waals surface area contributed by atoms with Crippen LogP contribution in [0.2, 0.25) is 0 Å². The molecule has 0 bridgehead atoms. The molecule has 0 aliphatic carbocycles. The summed E-state index contributed by atoms with van der Waals surface area (Å²) in [5, 5.41) is 22.1. The monoisotopic (exact) mass is 440 g/mol. The minimum atomic E-state index is -0.475. The lowest BCUT2D eigenvalue weighted by Crippen LogP contribution is -2.03. The zero-order valence-electron chi connectivity index (χ0n) is 18.3. The molecule has 2 rings (SSSR count). The Kier molecular flexibility index (Phi) is 11.7. The number of nitriles is 1. The van der Waals surface area contributed by atoms with Crippen molar-refractivity contribution in [2.45, 2.75) is 43.9 Å². The lowest BCUT2D eigenvalue weighted by molar-refractivity contribution is -0.140. The number of hydrogen-bond donors (Lipinski definition) is 1. The van der Waals surface area contributed by atoms with Gasteiger partial charge in [-0.25, -0.2) is 4.79 Å². The van der Waals surface area contributed by atoms with Crippen molar-refractivity contribution in [1.82, 2.24) is 0 Å². The van der Waals surface area contributed by atoms with E-state index in [2.05, 4.69) is 17.8 Å². The van der Waals surface area contributed by atoms with Gasteiger partial charge in [-0.2, -0.15) is 5.26 Å². The van der Waals surface area contributed by atoms with Crippen LogP contribution in [0.4, 0.5) is 0 Å². The van der Waals surface area contributed by atoms with Crippen LogP contribution in [0.3, 0.4) is 0 Å². The molecule has 1 N–H and O–H groups in total. The summed E-state index contributed by atoms with van der Waals surface area (Å²) in [6.07, 6.45) is 0.582. The van der Waals surface area contributed by atoms with Gasteiger partial charge < -0.3 is 14.7 Å². The summed E-state index contributed by atoms with van der Waals surface area (Å²) in [7, 11) is 0. The highest BCUT2D eigenvalue weighted by atomic mass is 32.2. The van der Waals surface area contributed by atoms with E-state index in [0.717, 1.165) is 15.4 Å². The average molecular weight is 441 g/mol. The molecule has 164 valence electrons. The van der Waals surface area contributed by atoms with E-state index in [0.29, 0.717) is 29.0 Å². The SMILES string of the molecule is C=C(/C(CC)=N/OC(C)=O)c1ccc(Sc2ccc(OCCO)cc2C#N)cc1.CC. The molecule has 0 saturated heterocycles. The van der Waals surface area contributed by atoms with E-state index < -0.39 is 5.97 Å². The van der Waals surface area contributed by atoms with Crippen molar-refractivity contribution < 1.29 is 19.5 Å². The number of carbonyl (C=O) groups excluding carboxylic acids is 1. The van der Waals surface area contributed by atoms with Crippen LogP contribution in [0, 0.1) is 11.3 Å². The van der Waals surface area contributed by atoms with Crippen molar-refractivity contribution in [3.8, 4) is 11.8 Å². The fraction of sp³-hybridized carbons (Fsp3) is 0.292. The molecule has 0 heterocycles. The van der Waals surface area contributed by atoms with E-state index >= 15 is 0 Å². The highest BCUT2D eigenvalue weighted by molar-refractivity contribution is 7.99. The first kappa shape index (κ1) is 26.0. The Morgan fingerprint density at radius 1 is 1.23 bits per heavy atom. The highest BCUT2D eigenvalue weighted by Crippen LogP contribution is 2.33. The van der Waals surface area contributed by atoms with E-state index in [-0.39, 0.29) is 13.2 Å². The summed E-state index contributed by atoms with van der Waals surface area (Å²) in [5.74, 6) is 0.0716. The van der Waals surface area contributed by atoms with Gasteiger partial charge in [-0.1, -0.05) is 56.4 Å². The number of carbonyl (C=O) groups is 1. The zero-order valence-corrected chi connectivity index (χ0v) is 19.2. The molecule has 0 atom stereocenters. The van der Waals surface area contributed by atoms with Crippen molar-refractivity contribution in [3.05, 3.63) is 60.2 Å². The summed E-state index contributed by atoms with van der Waals surface area (Å²) in [5.41, 5.74) is 2.66. The first-order chi connectivity index (χ1) is 15.0. The summed E-state index contributed by atoms with van der Waals surface area (Å²) in [4.78, 5) is 17.5. The van der Waals surface area contributed by atoms with Gasteiger partial charge in [0.15, 0.2) is 0 Å². The van der Waals surface area contributed by atoms with Gasteiger partial charge in [0.2, 0.25) is 0 Å². The van der Waals surface area contributed by atoms with Crippen molar-refractivity contribution >= 4 is 29.0 Å². The number of allylic oxidation sites excluding steroid dienone is 1. The fourth-order valence-electron chi connectivity index (χ4n) is 2.41. The van der Waals surface area contributed by atoms with E-state index in [9.17, 15) is 10.1 Å². The number of oxime groups is 1. The molecule has 6 nitrogen and oxygen atoms in total. The van der Waals surface area contributed by atoms with Crippen LogP contribution in [0.5, 0.6) is 5.75 Å². The predicted octanol–water partition coefficient (Wildman–Crippen LogP) is 5.45. The molecule has 2 aromatic rings. The summed E-state index contributed by atoms with van der Waals surface area (Å²) in [6, 6.07) is 15.1. The van der Waals surface area contributed by atoms with Gasteiger partial charge in [-0.05, 0) is 47.9 Å². The number of rotatable bonds is 9. The maximum absolute atomic E-state index is 11.0. The van der Waals surface area contributed by atoms with Crippen LogP contribution in [0.15, 0.2) is 64.0 Å². The van der Waals surface area contributed by atoms with Crippen LogP contribution in [0.1, 0.15) is 45.2 Å². The molecule has 0 aliphatic rings. The van der Waals surface area contributed by atoms with Gasteiger partial charge in [0, 0.05) is 16.7 Å². The molecule has 31 heavy (non-hydrogen) atoms. The van der Waals surface area contributed by atoms with Gasteiger partial charge in [0.05, 0.1) is 17.9 Å². The second kappa shape index (κ2) is 14.0. The Bertz CT molecular complexity index is 947. The van der Waals surface area contributed by atoms with Gasteiger partial charge in [0.25, 0.3) is 0 Å². The Balaban J connectivity index is 0.00000233. The van der Waals surface area contributed by atoms with Crippen LogP contribution < -0.4 is 4.74 Å². The van der Waals surface area contributed by atoms with E-state index in [4.69, 9.17) is 14.7 Å². The van der Waals surface area contributed by atoms with Gasteiger partial charge in [-0.15, -0.1) is 0 Å². The summed E-state index contributed by atoms with van der Waals surface area (Å²) < 4.78 is 5.35. The Morgan fingerprint density at radius 2 is 1.90 bits per heavy atom. The third-order valence-electron chi connectivity index (χ3n) is 3.83. The molecule has 2 aromatic carbocycles. The standard InChI is InChI=1S/C22H22N2O4S.C2H6/c1-4-21(24-28-16(3)26)15(2)17-5-8-20(9-6-17)29-22-10-7-19(27-12-11-25)13-18(22)14-23;1-2/h5-10,13,25H,2,4,11-12H2,1,3H3;1-2H3/b24-21+;. The maximum atomic E-state index is 11.0. The first-order valence-electron chi connectivity index (χ1n) is 9.98. The van der Waals surface area contributed by atoms with Crippen LogP contribution >= 0.6 is 11.8 Å². The van der Waals surface area contributed by atoms with Gasteiger partial charge in [-0.3, -0.25) is 0 Å². The van der Waals surface area contributed by atoms with Crippen LogP contribution in [-0.2, 0) is 9.63 Å².